The number of Topliss-reactive ketones (excluding diaryl/α,β-unsaturated/α-hetero) is 1. The molecule has 10 nitrogen and oxygen atoms in total. The Morgan fingerprint density at radius 3 is 2.39 bits per heavy atom. The zero-order valence-corrected chi connectivity index (χ0v) is 21.7. The Morgan fingerprint density at radius 2 is 1.69 bits per heavy atom. The number of aliphatic hydroxyl groups is 2. The summed E-state index contributed by atoms with van der Waals surface area (Å²) in [6.45, 7) is -0.312. The Kier molecular flexibility index (Phi) is 8.77. The van der Waals surface area contributed by atoms with Crippen molar-refractivity contribution in [2.45, 2.75) is 113 Å². The highest BCUT2D eigenvalue weighted by Gasteiger charge is 2.58. The molecule has 0 radical (unpaired) electrons. The van der Waals surface area contributed by atoms with Crippen molar-refractivity contribution in [3.8, 4) is 0 Å². The molecule has 4 aliphatic rings. The normalized spacial score (nSPS) is 40.5. The van der Waals surface area contributed by atoms with Gasteiger partial charge in [-0.1, -0.05) is 51.0 Å². The Bertz CT molecular complexity index is 906. The largest absolute Gasteiger partial charge is 0.469 e. The highest BCUT2D eigenvalue weighted by atomic mass is 31.2. The first-order valence-corrected chi connectivity index (χ1v) is 14.9. The number of rotatable bonds is 5. The lowest BCUT2D eigenvalue weighted by Crippen LogP contribution is -2.48. The molecule has 1 spiro atoms. The summed E-state index contributed by atoms with van der Waals surface area (Å²) in [5, 5.41) is 22.1. The number of aliphatic hydroxyl groups excluding tert-OH is 2. The van der Waals surface area contributed by atoms with Crippen LogP contribution in [0, 0.1) is 11.3 Å². The van der Waals surface area contributed by atoms with Gasteiger partial charge in [-0.15, -0.1) is 0 Å². The summed E-state index contributed by atoms with van der Waals surface area (Å²) in [4.78, 5) is 36.5. The Labute approximate surface area is 212 Å². The van der Waals surface area contributed by atoms with E-state index in [4.69, 9.17) is 25.2 Å². The first-order valence-electron chi connectivity index (χ1n) is 13.3. The van der Waals surface area contributed by atoms with E-state index in [9.17, 15) is 19.6 Å². The lowest BCUT2D eigenvalue weighted by Gasteiger charge is -2.44. The van der Waals surface area contributed by atoms with Gasteiger partial charge in [0.15, 0.2) is 5.78 Å². The van der Waals surface area contributed by atoms with Crippen LogP contribution in [0.15, 0.2) is 17.1 Å². The van der Waals surface area contributed by atoms with Gasteiger partial charge in [0.2, 0.25) is 0 Å². The number of nitrogens with zero attached hydrogens (tertiary/aromatic N) is 1. The van der Waals surface area contributed by atoms with Gasteiger partial charge < -0.3 is 30.5 Å². The van der Waals surface area contributed by atoms with Crippen molar-refractivity contribution in [3.63, 3.8) is 0 Å². The zero-order valence-electron chi connectivity index (χ0n) is 20.8. The molecule has 3 bridgehead atoms. The fourth-order valence-corrected chi connectivity index (χ4v) is 7.21. The SMILES string of the molecule is NC1=NC23CCCCCCCCCC(C4OC(CCOP(=O)(O)O)C(O)C4O)(CC2)C(C=C1)CC3=O. The van der Waals surface area contributed by atoms with Crippen LogP contribution >= 0.6 is 7.82 Å². The van der Waals surface area contributed by atoms with Crippen molar-refractivity contribution in [1.82, 2.24) is 0 Å². The smallest absolute Gasteiger partial charge is 0.388 e. The van der Waals surface area contributed by atoms with Crippen LogP contribution in [-0.4, -0.2) is 68.2 Å². The van der Waals surface area contributed by atoms with Gasteiger partial charge in [0.25, 0.3) is 0 Å². The number of phosphoric acid groups is 1. The predicted molar refractivity (Wildman–Crippen MR) is 133 cm³/mol. The maximum atomic E-state index is 13.7. The molecule has 7 unspecified atom stereocenters. The van der Waals surface area contributed by atoms with Crippen molar-refractivity contribution >= 4 is 19.4 Å². The van der Waals surface area contributed by atoms with Crippen LogP contribution in [0.5, 0.6) is 0 Å². The topological polar surface area (TPSA) is 172 Å². The summed E-state index contributed by atoms with van der Waals surface area (Å²) in [6, 6.07) is 0. The molecule has 11 heteroatoms. The van der Waals surface area contributed by atoms with E-state index < -0.39 is 43.2 Å². The lowest BCUT2D eigenvalue weighted by atomic mass is 9.63. The first kappa shape index (κ1) is 27.9. The number of nitrogens with two attached hydrogens (primary N) is 1. The lowest BCUT2D eigenvalue weighted by molar-refractivity contribution is -0.126. The number of carbonyl (C=O) groups is 1. The number of amidine groups is 1. The molecule has 0 amide bonds. The molecule has 1 saturated heterocycles. The fourth-order valence-electron chi connectivity index (χ4n) is 6.87. The summed E-state index contributed by atoms with van der Waals surface area (Å²) in [6.07, 6.45) is 9.84. The van der Waals surface area contributed by atoms with E-state index >= 15 is 0 Å². The van der Waals surface area contributed by atoms with Gasteiger partial charge in [-0.3, -0.25) is 14.3 Å². The van der Waals surface area contributed by atoms with Gasteiger partial charge in [-0.2, -0.15) is 0 Å². The minimum atomic E-state index is -4.65. The molecule has 0 aromatic rings. The van der Waals surface area contributed by atoms with Crippen molar-refractivity contribution in [3.05, 3.63) is 12.2 Å². The monoisotopic (exact) mass is 528 g/mol. The maximum absolute atomic E-state index is 13.7. The number of fused-ring (bicyclic) bond motifs is 5. The molecule has 204 valence electrons. The highest BCUT2D eigenvalue weighted by molar-refractivity contribution is 7.46. The first-order chi connectivity index (χ1) is 17.1. The van der Waals surface area contributed by atoms with Crippen LogP contribution in [0.2, 0.25) is 0 Å². The number of ether oxygens (including phenoxy) is 1. The van der Waals surface area contributed by atoms with E-state index in [1.807, 2.05) is 6.08 Å². The molecule has 6 N–H and O–H groups in total. The second kappa shape index (κ2) is 11.3. The molecule has 4 rings (SSSR count). The highest BCUT2D eigenvalue weighted by Crippen LogP contribution is 2.54. The second-order valence-corrected chi connectivity index (χ2v) is 12.3. The number of ketones is 1. The van der Waals surface area contributed by atoms with Gasteiger partial charge in [-0.25, -0.2) is 4.57 Å². The Morgan fingerprint density at radius 1 is 1.03 bits per heavy atom. The van der Waals surface area contributed by atoms with E-state index in [0.29, 0.717) is 25.1 Å². The average molecular weight is 529 g/mol. The minimum Gasteiger partial charge on any atom is -0.388 e. The minimum absolute atomic E-state index is 0.0232. The second-order valence-electron chi connectivity index (χ2n) is 11.1. The van der Waals surface area contributed by atoms with Gasteiger partial charge in [0, 0.05) is 18.3 Å². The van der Waals surface area contributed by atoms with Gasteiger partial charge in [-0.05, 0) is 37.7 Å². The summed E-state index contributed by atoms with van der Waals surface area (Å²) in [5.74, 6) is 0.190. The molecule has 0 aromatic carbocycles. The Hall–Kier alpha value is -1.13. The van der Waals surface area contributed by atoms with Gasteiger partial charge in [0.1, 0.15) is 23.6 Å². The number of aliphatic imine (C=N–C) groups is 1. The zero-order chi connectivity index (χ0) is 26.0. The predicted octanol–water partition coefficient (Wildman–Crippen LogP) is 2.52. The van der Waals surface area contributed by atoms with Crippen molar-refractivity contribution in [2.24, 2.45) is 22.1 Å². The summed E-state index contributed by atoms with van der Waals surface area (Å²) in [5.41, 5.74) is 4.76. The van der Waals surface area contributed by atoms with Crippen LogP contribution in [0.3, 0.4) is 0 Å². The quantitative estimate of drug-likeness (QED) is 0.336. The number of hydrogen-bond acceptors (Lipinski definition) is 8. The molecule has 2 saturated carbocycles. The molecular formula is C25H41N2O8P. The molecule has 2 aliphatic heterocycles. The third-order valence-electron chi connectivity index (χ3n) is 8.83. The molecule has 36 heavy (non-hydrogen) atoms. The van der Waals surface area contributed by atoms with E-state index in [1.165, 1.54) is 0 Å². The van der Waals surface area contributed by atoms with Crippen molar-refractivity contribution < 1.29 is 38.6 Å². The van der Waals surface area contributed by atoms with Crippen LogP contribution in [-0.2, 0) is 18.6 Å². The molecule has 0 aromatic heterocycles. The van der Waals surface area contributed by atoms with E-state index in [0.717, 1.165) is 51.4 Å². The Balaban J connectivity index is 1.67. The number of carbonyl (C=O) groups excluding carboxylic acids is 1. The fraction of sp³-hybridized carbons (Fsp3) is 0.840. The van der Waals surface area contributed by atoms with Crippen molar-refractivity contribution in [1.29, 1.82) is 0 Å². The molecular weight excluding hydrogens is 487 g/mol. The van der Waals surface area contributed by atoms with Gasteiger partial charge >= 0.3 is 7.82 Å². The van der Waals surface area contributed by atoms with Crippen molar-refractivity contribution in [2.75, 3.05) is 6.61 Å². The molecule has 2 heterocycles. The summed E-state index contributed by atoms with van der Waals surface area (Å²) >= 11 is 0. The molecule has 3 fully saturated rings. The molecule has 2 aliphatic carbocycles. The standard InChI is InChI=1S/C25H41N2O8P/c26-20-9-8-17-16-19(28)25(27-20)12-7-5-3-1-2-4-6-11-24(17,13-14-25)23-22(30)21(29)18(35-23)10-15-34-36(31,32)33/h8-9,17-18,21-23,29-30H,1-7,10-16H2,(H2,26,27)(H2,31,32,33). The van der Waals surface area contributed by atoms with Gasteiger partial charge in [0.05, 0.1) is 18.8 Å². The van der Waals surface area contributed by atoms with Crippen LogP contribution in [0.1, 0.15) is 83.5 Å². The van der Waals surface area contributed by atoms with E-state index in [1.54, 1.807) is 6.08 Å². The molecule has 7 atom stereocenters. The number of hydrogen-bond donors (Lipinski definition) is 5. The van der Waals surface area contributed by atoms with E-state index in [-0.39, 0.29) is 31.1 Å². The van der Waals surface area contributed by atoms with Crippen LogP contribution in [0.4, 0.5) is 0 Å². The average Bonchev–Trinajstić information content (AvgIpc) is 3.06. The van der Waals surface area contributed by atoms with Crippen LogP contribution in [0.25, 0.3) is 0 Å². The summed E-state index contributed by atoms with van der Waals surface area (Å²) < 4.78 is 21.9. The number of allylic oxidation sites excluding steroid dienone is 1. The third-order valence-corrected chi connectivity index (χ3v) is 9.35. The third kappa shape index (κ3) is 5.96. The maximum Gasteiger partial charge on any atom is 0.469 e. The van der Waals surface area contributed by atoms with E-state index in [2.05, 4.69) is 4.52 Å². The van der Waals surface area contributed by atoms with Crippen LogP contribution < -0.4 is 5.73 Å². The summed E-state index contributed by atoms with van der Waals surface area (Å²) in [7, 11) is -4.65. The number of phosphoric ester groups is 1.